The molecule has 0 radical (unpaired) electrons. The molecule has 0 aromatic heterocycles. The number of rotatable bonds is 6. The standard InChI is InChI=1S/C24H26FN5O5/c1-34-17-7-8-18(21(13-17)35-2)23(32)28-9-11-29(12-10-28)24(33)19-14-20(22(26)31)30(27-19)16-5-3-15(25)4-6-16/h3-8,13,20H,9-12,14H2,1-2H3,(H2,26,31). The molecule has 0 saturated carbocycles. The molecule has 2 aliphatic heterocycles. The molecular weight excluding hydrogens is 457 g/mol. The third-order valence-corrected chi connectivity index (χ3v) is 6.07. The molecule has 0 aliphatic carbocycles. The van der Waals surface area contributed by atoms with Crippen molar-refractivity contribution in [2.24, 2.45) is 10.8 Å². The highest BCUT2D eigenvalue weighted by molar-refractivity contribution is 6.40. The molecule has 0 spiro atoms. The normalized spacial score (nSPS) is 17.7. The number of nitrogens with zero attached hydrogens (tertiary/aromatic N) is 4. The van der Waals surface area contributed by atoms with Gasteiger partial charge in [-0.25, -0.2) is 4.39 Å². The lowest BCUT2D eigenvalue weighted by Gasteiger charge is -2.35. The fourth-order valence-electron chi connectivity index (χ4n) is 4.13. The number of carbonyl (C=O) groups is 3. The summed E-state index contributed by atoms with van der Waals surface area (Å²) in [5, 5.41) is 5.68. The van der Waals surface area contributed by atoms with Crippen LogP contribution in [0.1, 0.15) is 16.8 Å². The summed E-state index contributed by atoms with van der Waals surface area (Å²) in [6.45, 7) is 1.27. The Morgan fingerprint density at radius 3 is 2.14 bits per heavy atom. The van der Waals surface area contributed by atoms with Crippen LogP contribution < -0.4 is 20.2 Å². The Labute approximate surface area is 201 Å². The Morgan fingerprint density at radius 2 is 1.57 bits per heavy atom. The molecule has 10 nitrogen and oxygen atoms in total. The Balaban J connectivity index is 1.43. The number of hydrogen-bond donors (Lipinski definition) is 1. The Morgan fingerprint density at radius 1 is 0.943 bits per heavy atom. The molecule has 2 aromatic carbocycles. The third-order valence-electron chi connectivity index (χ3n) is 6.07. The molecule has 3 amide bonds. The minimum atomic E-state index is -0.843. The number of nitrogens with two attached hydrogens (primary N) is 1. The van der Waals surface area contributed by atoms with Gasteiger partial charge in [0.15, 0.2) is 0 Å². The van der Waals surface area contributed by atoms with Crippen molar-refractivity contribution < 1.29 is 28.2 Å². The second kappa shape index (κ2) is 10.00. The van der Waals surface area contributed by atoms with Crippen molar-refractivity contribution in [3.63, 3.8) is 0 Å². The first-order chi connectivity index (χ1) is 16.8. The number of benzene rings is 2. The van der Waals surface area contributed by atoms with Gasteiger partial charge in [0.25, 0.3) is 11.8 Å². The number of piperazine rings is 1. The fourth-order valence-corrected chi connectivity index (χ4v) is 4.13. The largest absolute Gasteiger partial charge is 0.497 e. The van der Waals surface area contributed by atoms with Crippen LogP contribution in [0, 0.1) is 5.82 Å². The molecule has 2 aromatic rings. The predicted octanol–water partition coefficient (Wildman–Crippen LogP) is 1.25. The van der Waals surface area contributed by atoms with E-state index in [1.165, 1.54) is 43.5 Å². The molecule has 1 fully saturated rings. The summed E-state index contributed by atoms with van der Waals surface area (Å²) in [7, 11) is 3.02. The minimum absolute atomic E-state index is 0.0493. The molecule has 184 valence electrons. The lowest BCUT2D eigenvalue weighted by atomic mass is 10.1. The maximum atomic E-state index is 13.3. The molecule has 2 aliphatic rings. The summed E-state index contributed by atoms with van der Waals surface area (Å²) in [5.74, 6) is -0.601. The van der Waals surface area contributed by atoms with Crippen molar-refractivity contribution in [1.29, 1.82) is 0 Å². The smallest absolute Gasteiger partial charge is 0.270 e. The average molecular weight is 484 g/mol. The van der Waals surface area contributed by atoms with E-state index >= 15 is 0 Å². The van der Waals surface area contributed by atoms with E-state index in [1.807, 2.05) is 0 Å². The van der Waals surface area contributed by atoms with Gasteiger partial charge in [-0.05, 0) is 36.4 Å². The number of ether oxygens (including phenoxy) is 2. The topological polar surface area (TPSA) is 118 Å². The van der Waals surface area contributed by atoms with Crippen LogP contribution in [0.2, 0.25) is 0 Å². The van der Waals surface area contributed by atoms with E-state index in [-0.39, 0.29) is 23.9 Å². The molecular formula is C24H26FN5O5. The SMILES string of the molecule is COc1ccc(C(=O)N2CCN(C(=O)C3=NN(c4ccc(F)cc4)C(C(N)=O)C3)CC2)c(OC)c1. The maximum Gasteiger partial charge on any atom is 0.270 e. The fraction of sp³-hybridized carbons (Fsp3) is 0.333. The maximum absolute atomic E-state index is 13.3. The van der Waals surface area contributed by atoms with E-state index in [4.69, 9.17) is 15.2 Å². The van der Waals surface area contributed by atoms with Crippen molar-refractivity contribution in [3.8, 4) is 11.5 Å². The summed E-state index contributed by atoms with van der Waals surface area (Å²) >= 11 is 0. The lowest BCUT2D eigenvalue weighted by molar-refractivity contribution is -0.125. The van der Waals surface area contributed by atoms with Crippen LogP contribution in [-0.2, 0) is 9.59 Å². The van der Waals surface area contributed by atoms with Gasteiger partial charge in [0.2, 0.25) is 5.91 Å². The number of anilines is 1. The van der Waals surface area contributed by atoms with Crippen LogP contribution in [-0.4, -0.2) is 79.7 Å². The first-order valence-corrected chi connectivity index (χ1v) is 11.0. The molecule has 35 heavy (non-hydrogen) atoms. The van der Waals surface area contributed by atoms with Crippen LogP contribution in [0.3, 0.4) is 0 Å². The quantitative estimate of drug-likeness (QED) is 0.661. The Hall–Kier alpha value is -4.15. The van der Waals surface area contributed by atoms with Crippen LogP contribution >= 0.6 is 0 Å². The predicted molar refractivity (Wildman–Crippen MR) is 126 cm³/mol. The van der Waals surface area contributed by atoms with E-state index in [2.05, 4.69) is 5.10 Å². The Kier molecular flexibility index (Phi) is 6.85. The number of hydrazone groups is 1. The number of amides is 3. The van der Waals surface area contributed by atoms with Crippen LogP contribution in [0.25, 0.3) is 0 Å². The molecule has 1 atom stereocenters. The van der Waals surface area contributed by atoms with Crippen molar-refractivity contribution in [2.75, 3.05) is 45.4 Å². The highest BCUT2D eigenvalue weighted by atomic mass is 19.1. The molecule has 4 rings (SSSR count). The van der Waals surface area contributed by atoms with Gasteiger partial charge in [0.05, 0.1) is 25.5 Å². The van der Waals surface area contributed by atoms with E-state index in [1.54, 1.807) is 28.0 Å². The molecule has 2 N–H and O–H groups in total. The van der Waals surface area contributed by atoms with E-state index in [0.717, 1.165) is 0 Å². The first kappa shape index (κ1) is 24.0. The van der Waals surface area contributed by atoms with E-state index < -0.39 is 17.8 Å². The van der Waals surface area contributed by atoms with Crippen molar-refractivity contribution in [3.05, 3.63) is 53.8 Å². The highest BCUT2D eigenvalue weighted by Gasteiger charge is 2.37. The van der Waals surface area contributed by atoms with Crippen molar-refractivity contribution >= 4 is 29.1 Å². The van der Waals surface area contributed by atoms with E-state index in [9.17, 15) is 18.8 Å². The minimum Gasteiger partial charge on any atom is -0.497 e. The average Bonchev–Trinajstić information content (AvgIpc) is 3.34. The number of hydrogen-bond acceptors (Lipinski definition) is 7. The summed E-state index contributed by atoms with van der Waals surface area (Å²) in [6, 6.07) is 9.58. The summed E-state index contributed by atoms with van der Waals surface area (Å²) in [6.07, 6.45) is 0.0493. The van der Waals surface area contributed by atoms with Gasteiger partial charge >= 0.3 is 0 Å². The van der Waals surface area contributed by atoms with E-state index in [0.29, 0.717) is 48.9 Å². The zero-order chi connectivity index (χ0) is 25.1. The van der Waals surface area contributed by atoms with Gasteiger partial charge in [-0.3, -0.25) is 19.4 Å². The second-order valence-electron chi connectivity index (χ2n) is 8.14. The van der Waals surface area contributed by atoms with Gasteiger partial charge in [-0.15, -0.1) is 0 Å². The summed E-state index contributed by atoms with van der Waals surface area (Å²) < 4.78 is 23.8. The number of carbonyl (C=O) groups excluding carboxylic acids is 3. The summed E-state index contributed by atoms with van der Waals surface area (Å²) in [5.41, 5.74) is 6.59. The van der Waals surface area contributed by atoms with Crippen LogP contribution in [0.4, 0.5) is 10.1 Å². The highest BCUT2D eigenvalue weighted by Crippen LogP contribution is 2.27. The number of halogens is 1. The van der Waals surface area contributed by atoms with Crippen molar-refractivity contribution in [2.45, 2.75) is 12.5 Å². The molecule has 2 heterocycles. The second-order valence-corrected chi connectivity index (χ2v) is 8.14. The monoisotopic (exact) mass is 483 g/mol. The molecule has 1 unspecified atom stereocenters. The molecule has 0 bridgehead atoms. The molecule has 1 saturated heterocycles. The zero-order valence-electron chi connectivity index (χ0n) is 19.4. The zero-order valence-corrected chi connectivity index (χ0v) is 19.4. The van der Waals surface area contributed by atoms with Crippen molar-refractivity contribution in [1.82, 2.24) is 9.80 Å². The lowest BCUT2D eigenvalue weighted by Crippen LogP contribution is -2.52. The van der Waals surface area contributed by atoms with Crippen LogP contribution in [0.5, 0.6) is 11.5 Å². The first-order valence-electron chi connectivity index (χ1n) is 11.0. The van der Waals surface area contributed by atoms with Gasteiger partial charge < -0.3 is 25.0 Å². The van der Waals surface area contributed by atoms with Gasteiger partial charge in [0, 0.05) is 38.7 Å². The van der Waals surface area contributed by atoms with Crippen LogP contribution in [0.15, 0.2) is 47.6 Å². The van der Waals surface area contributed by atoms with Gasteiger partial charge in [-0.2, -0.15) is 5.10 Å². The molecule has 11 heteroatoms. The van der Waals surface area contributed by atoms with Gasteiger partial charge in [-0.1, -0.05) is 0 Å². The van der Waals surface area contributed by atoms with Gasteiger partial charge in [0.1, 0.15) is 29.1 Å². The Bertz CT molecular complexity index is 1160. The summed E-state index contributed by atoms with van der Waals surface area (Å²) in [4.78, 5) is 41.4. The third kappa shape index (κ3) is 4.88. The number of methoxy groups -OCH3 is 2. The number of primary amides is 1.